The molecule has 0 radical (unpaired) electrons. The third-order valence-corrected chi connectivity index (χ3v) is 3.96. The van der Waals surface area contributed by atoms with E-state index in [0.29, 0.717) is 25.2 Å². The molecule has 20 heavy (non-hydrogen) atoms. The molecule has 1 N–H and O–H groups in total. The molecular weight excluding hydrogens is 322 g/mol. The van der Waals surface area contributed by atoms with Crippen LogP contribution in [0.1, 0.15) is 37.2 Å². The van der Waals surface area contributed by atoms with Crippen LogP contribution in [0, 0.1) is 0 Å². The van der Waals surface area contributed by atoms with Crippen molar-refractivity contribution in [3.63, 3.8) is 0 Å². The number of nitrogens with one attached hydrogen (secondary N) is 1. The molecule has 1 aliphatic rings. The van der Waals surface area contributed by atoms with Crippen LogP contribution in [0.25, 0.3) is 0 Å². The average Bonchev–Trinajstić information content (AvgIpc) is 2.79. The number of halogens is 1. The number of hydrogen-bond acceptors (Lipinski definition) is 2. The number of hydrogen-bond donors (Lipinski definition) is 1. The van der Waals surface area contributed by atoms with E-state index in [0.717, 1.165) is 17.4 Å². The molecule has 0 saturated carbocycles. The SMILES string of the molecule is CCCn1cc(Br)cc1C(=O)N1CCNC(=O)C1CC. The van der Waals surface area contributed by atoms with Gasteiger partial charge in [0, 0.05) is 30.3 Å². The Hall–Kier alpha value is -1.30. The first kappa shape index (κ1) is 15.1. The van der Waals surface area contributed by atoms with Crippen LogP contribution in [0.4, 0.5) is 0 Å². The monoisotopic (exact) mass is 341 g/mol. The first-order valence-corrected chi connectivity index (χ1v) is 7.82. The van der Waals surface area contributed by atoms with Crippen LogP contribution in [-0.4, -0.2) is 40.4 Å². The highest BCUT2D eigenvalue weighted by molar-refractivity contribution is 9.10. The summed E-state index contributed by atoms with van der Waals surface area (Å²) in [4.78, 5) is 26.3. The van der Waals surface area contributed by atoms with Gasteiger partial charge < -0.3 is 14.8 Å². The predicted molar refractivity (Wildman–Crippen MR) is 80.5 cm³/mol. The lowest BCUT2D eigenvalue weighted by Gasteiger charge is -2.34. The zero-order valence-corrected chi connectivity index (χ0v) is 13.4. The van der Waals surface area contributed by atoms with E-state index < -0.39 is 0 Å². The highest BCUT2D eigenvalue weighted by atomic mass is 79.9. The molecule has 0 aliphatic carbocycles. The number of aromatic nitrogens is 1. The van der Waals surface area contributed by atoms with Crippen LogP contribution in [0.3, 0.4) is 0 Å². The average molecular weight is 342 g/mol. The maximum atomic E-state index is 12.7. The van der Waals surface area contributed by atoms with Crippen molar-refractivity contribution >= 4 is 27.7 Å². The van der Waals surface area contributed by atoms with Crippen LogP contribution < -0.4 is 5.32 Å². The van der Waals surface area contributed by atoms with E-state index in [9.17, 15) is 9.59 Å². The summed E-state index contributed by atoms with van der Waals surface area (Å²) in [7, 11) is 0. The number of amides is 2. The minimum Gasteiger partial charge on any atom is -0.353 e. The third-order valence-electron chi connectivity index (χ3n) is 3.53. The van der Waals surface area contributed by atoms with Crippen molar-refractivity contribution in [3.05, 3.63) is 22.4 Å². The molecule has 5 nitrogen and oxygen atoms in total. The van der Waals surface area contributed by atoms with Crippen LogP contribution in [0.15, 0.2) is 16.7 Å². The Morgan fingerprint density at radius 3 is 2.90 bits per heavy atom. The Kier molecular flexibility index (Phi) is 4.86. The summed E-state index contributed by atoms with van der Waals surface area (Å²) in [5, 5.41) is 2.82. The fourth-order valence-electron chi connectivity index (χ4n) is 2.59. The van der Waals surface area contributed by atoms with Gasteiger partial charge in [0.05, 0.1) is 0 Å². The summed E-state index contributed by atoms with van der Waals surface area (Å²) >= 11 is 3.42. The van der Waals surface area contributed by atoms with Gasteiger partial charge in [-0.05, 0) is 34.8 Å². The van der Waals surface area contributed by atoms with Crippen molar-refractivity contribution in [2.24, 2.45) is 0 Å². The Balaban J connectivity index is 2.27. The second-order valence-corrected chi connectivity index (χ2v) is 5.87. The molecule has 1 aromatic rings. The summed E-state index contributed by atoms with van der Waals surface area (Å²) in [6.07, 6.45) is 3.51. The summed E-state index contributed by atoms with van der Waals surface area (Å²) in [5.41, 5.74) is 0.645. The zero-order valence-electron chi connectivity index (χ0n) is 11.9. The number of carbonyl (C=O) groups excluding carboxylic acids is 2. The number of nitrogens with zero attached hydrogens (tertiary/aromatic N) is 2. The number of piperazine rings is 1. The Labute approximate surface area is 127 Å². The standard InChI is InChI=1S/C14H20BrN3O2/c1-3-6-17-9-10(15)8-12(17)14(20)18-7-5-16-13(19)11(18)4-2/h8-9,11H,3-7H2,1-2H3,(H,16,19). The molecule has 2 amide bonds. The van der Waals surface area contributed by atoms with E-state index >= 15 is 0 Å². The van der Waals surface area contributed by atoms with Gasteiger partial charge in [-0.15, -0.1) is 0 Å². The molecule has 1 saturated heterocycles. The van der Waals surface area contributed by atoms with E-state index in [1.54, 1.807) is 4.90 Å². The van der Waals surface area contributed by atoms with Crippen molar-refractivity contribution in [1.29, 1.82) is 0 Å². The van der Waals surface area contributed by atoms with Crippen molar-refractivity contribution < 1.29 is 9.59 Å². The molecule has 2 heterocycles. The second-order valence-electron chi connectivity index (χ2n) is 4.95. The lowest BCUT2D eigenvalue weighted by Crippen LogP contribution is -2.57. The topological polar surface area (TPSA) is 54.3 Å². The maximum absolute atomic E-state index is 12.7. The first-order valence-electron chi connectivity index (χ1n) is 7.02. The van der Waals surface area contributed by atoms with Crippen LogP contribution >= 0.6 is 15.9 Å². The van der Waals surface area contributed by atoms with Crippen molar-refractivity contribution in [3.8, 4) is 0 Å². The van der Waals surface area contributed by atoms with Gasteiger partial charge in [0.15, 0.2) is 0 Å². The summed E-state index contributed by atoms with van der Waals surface area (Å²) in [6, 6.07) is 1.47. The molecular formula is C14H20BrN3O2. The number of carbonyl (C=O) groups is 2. The quantitative estimate of drug-likeness (QED) is 0.910. The maximum Gasteiger partial charge on any atom is 0.271 e. The van der Waals surface area contributed by atoms with Gasteiger partial charge in [-0.2, -0.15) is 0 Å². The van der Waals surface area contributed by atoms with E-state index in [1.807, 2.05) is 23.8 Å². The second kappa shape index (κ2) is 6.43. The highest BCUT2D eigenvalue weighted by Gasteiger charge is 2.33. The minimum absolute atomic E-state index is 0.0558. The molecule has 1 fully saturated rings. The van der Waals surface area contributed by atoms with Crippen LogP contribution in [0.5, 0.6) is 0 Å². The Bertz CT molecular complexity index is 513. The molecule has 1 atom stereocenters. The first-order chi connectivity index (χ1) is 9.58. The number of aryl methyl sites for hydroxylation is 1. The van der Waals surface area contributed by atoms with E-state index in [-0.39, 0.29) is 17.9 Å². The molecule has 110 valence electrons. The normalized spacial score (nSPS) is 19.1. The van der Waals surface area contributed by atoms with Gasteiger partial charge in [0.2, 0.25) is 5.91 Å². The highest BCUT2D eigenvalue weighted by Crippen LogP contribution is 2.20. The fraction of sp³-hybridized carbons (Fsp3) is 0.571. The molecule has 1 aliphatic heterocycles. The van der Waals surface area contributed by atoms with Gasteiger partial charge in [0.1, 0.15) is 11.7 Å². The van der Waals surface area contributed by atoms with Gasteiger partial charge >= 0.3 is 0 Å². The van der Waals surface area contributed by atoms with Gasteiger partial charge in [-0.3, -0.25) is 9.59 Å². The smallest absolute Gasteiger partial charge is 0.271 e. The van der Waals surface area contributed by atoms with E-state index in [1.165, 1.54) is 0 Å². The Morgan fingerprint density at radius 2 is 2.25 bits per heavy atom. The summed E-state index contributed by atoms with van der Waals surface area (Å²) in [5.74, 6) is -0.120. The van der Waals surface area contributed by atoms with Crippen molar-refractivity contribution in [1.82, 2.24) is 14.8 Å². The lowest BCUT2D eigenvalue weighted by molar-refractivity contribution is -0.127. The number of rotatable bonds is 4. The van der Waals surface area contributed by atoms with Crippen LogP contribution in [0.2, 0.25) is 0 Å². The van der Waals surface area contributed by atoms with Gasteiger partial charge in [-0.1, -0.05) is 13.8 Å². The molecule has 1 unspecified atom stereocenters. The molecule has 0 aromatic carbocycles. The molecule has 0 bridgehead atoms. The molecule has 6 heteroatoms. The van der Waals surface area contributed by atoms with Gasteiger partial charge in [-0.25, -0.2) is 0 Å². The van der Waals surface area contributed by atoms with Crippen molar-refractivity contribution in [2.45, 2.75) is 39.3 Å². The molecule has 2 rings (SSSR count). The minimum atomic E-state index is -0.361. The lowest BCUT2D eigenvalue weighted by atomic mass is 10.1. The third kappa shape index (κ3) is 2.90. The predicted octanol–water partition coefficient (Wildman–Crippen LogP) is 2.01. The van der Waals surface area contributed by atoms with Crippen LogP contribution in [-0.2, 0) is 11.3 Å². The molecule has 0 spiro atoms. The molecule has 1 aromatic heterocycles. The fourth-order valence-corrected chi connectivity index (χ4v) is 3.05. The van der Waals surface area contributed by atoms with E-state index in [2.05, 4.69) is 28.2 Å². The van der Waals surface area contributed by atoms with E-state index in [4.69, 9.17) is 0 Å². The summed E-state index contributed by atoms with van der Waals surface area (Å²) < 4.78 is 2.84. The Morgan fingerprint density at radius 1 is 1.50 bits per heavy atom. The largest absolute Gasteiger partial charge is 0.353 e. The van der Waals surface area contributed by atoms with Gasteiger partial charge in [0.25, 0.3) is 5.91 Å². The summed E-state index contributed by atoms with van der Waals surface area (Å²) in [6.45, 7) is 5.89. The van der Waals surface area contributed by atoms with Crippen molar-refractivity contribution in [2.75, 3.05) is 13.1 Å². The zero-order chi connectivity index (χ0) is 14.7.